The molecule has 4 aromatic rings. The average Bonchev–Trinajstić information content (AvgIpc) is 3.20. The Morgan fingerprint density at radius 2 is 1.84 bits per heavy atom. The molecule has 0 fully saturated rings. The lowest BCUT2D eigenvalue weighted by atomic mass is 10.1. The Kier molecular flexibility index (Phi) is 7.99. The highest BCUT2D eigenvalue weighted by Gasteiger charge is 2.13. The lowest BCUT2D eigenvalue weighted by Gasteiger charge is -2.20. The summed E-state index contributed by atoms with van der Waals surface area (Å²) >= 11 is 5.97. The molecule has 0 aliphatic heterocycles. The number of phenolic OH excluding ortho intramolecular Hbond substituents is 1. The number of para-hydroxylation sites is 1. The highest BCUT2D eigenvalue weighted by atomic mass is 127. The van der Waals surface area contributed by atoms with E-state index >= 15 is 0 Å². The van der Waals surface area contributed by atoms with Crippen LogP contribution in [0, 0.1) is 0 Å². The molecule has 0 saturated carbocycles. The van der Waals surface area contributed by atoms with Crippen LogP contribution in [0.15, 0.2) is 71.3 Å². The van der Waals surface area contributed by atoms with Crippen LogP contribution in [0.3, 0.4) is 0 Å². The van der Waals surface area contributed by atoms with Gasteiger partial charge in [0.15, 0.2) is 5.65 Å². The fraction of sp³-hybridized carbons (Fsp3) is 0.250. The maximum atomic E-state index is 10.3. The molecule has 4 rings (SSSR count). The van der Waals surface area contributed by atoms with E-state index in [-0.39, 0.29) is 5.75 Å². The van der Waals surface area contributed by atoms with Crippen LogP contribution in [0.2, 0.25) is 0 Å². The first-order chi connectivity index (χ1) is 15.7. The van der Waals surface area contributed by atoms with Crippen molar-refractivity contribution in [2.45, 2.75) is 12.8 Å². The number of anilines is 1. The quantitative estimate of drug-likeness (QED) is 0.107. The van der Waals surface area contributed by atoms with Gasteiger partial charge in [0.1, 0.15) is 11.6 Å². The molecular formula is C24H25BrIN5O. The fourth-order valence-electron chi connectivity index (χ4n) is 3.57. The van der Waals surface area contributed by atoms with Gasteiger partial charge in [-0.2, -0.15) is 9.61 Å². The zero-order chi connectivity index (χ0) is 22.3. The van der Waals surface area contributed by atoms with Crippen LogP contribution in [-0.4, -0.2) is 48.8 Å². The molecule has 0 amide bonds. The summed E-state index contributed by atoms with van der Waals surface area (Å²) in [7, 11) is 0. The standard InChI is InChI=1S/C24H25BrIN5O/c25-20-16-28-31-23(15-21(29-24(20)31)19-9-4-5-10-22(19)32)27-12-6-13-30(17-26)14-11-18-7-2-1-3-8-18/h1-5,7-10,15-16,27,32H,6,11-14,17H2. The van der Waals surface area contributed by atoms with Crippen molar-refractivity contribution >= 4 is 50.0 Å². The molecule has 2 aromatic heterocycles. The van der Waals surface area contributed by atoms with E-state index in [9.17, 15) is 5.11 Å². The van der Waals surface area contributed by atoms with Gasteiger partial charge < -0.3 is 10.4 Å². The van der Waals surface area contributed by atoms with Gasteiger partial charge in [-0.05, 0) is 46.5 Å². The van der Waals surface area contributed by atoms with E-state index in [2.05, 4.69) is 84.2 Å². The van der Waals surface area contributed by atoms with E-state index in [0.29, 0.717) is 16.9 Å². The summed E-state index contributed by atoms with van der Waals surface area (Å²) in [4.78, 5) is 7.16. The van der Waals surface area contributed by atoms with Gasteiger partial charge in [-0.3, -0.25) is 4.90 Å². The molecule has 0 spiro atoms. The molecular weight excluding hydrogens is 581 g/mol. The summed E-state index contributed by atoms with van der Waals surface area (Å²) < 4.78 is 3.61. The van der Waals surface area contributed by atoms with Crippen LogP contribution in [0.1, 0.15) is 12.0 Å². The van der Waals surface area contributed by atoms with E-state index in [0.717, 1.165) is 47.3 Å². The highest BCUT2D eigenvalue weighted by molar-refractivity contribution is 14.1. The predicted octanol–water partition coefficient (Wildman–Crippen LogP) is 5.60. The fourth-order valence-corrected chi connectivity index (χ4v) is 4.60. The maximum Gasteiger partial charge on any atom is 0.172 e. The van der Waals surface area contributed by atoms with Gasteiger partial charge >= 0.3 is 0 Å². The number of nitrogens with one attached hydrogen (secondary N) is 1. The first-order valence-electron chi connectivity index (χ1n) is 10.5. The second kappa shape index (κ2) is 11.1. The van der Waals surface area contributed by atoms with E-state index in [1.165, 1.54) is 5.56 Å². The Morgan fingerprint density at radius 1 is 1.06 bits per heavy atom. The molecule has 32 heavy (non-hydrogen) atoms. The summed E-state index contributed by atoms with van der Waals surface area (Å²) in [6, 6.07) is 19.8. The minimum absolute atomic E-state index is 0.210. The number of rotatable bonds is 10. The number of halogens is 2. The van der Waals surface area contributed by atoms with Crippen molar-refractivity contribution in [1.82, 2.24) is 19.5 Å². The summed E-state index contributed by atoms with van der Waals surface area (Å²) in [6.45, 7) is 2.89. The Balaban J connectivity index is 1.41. The number of hydrogen-bond donors (Lipinski definition) is 2. The third kappa shape index (κ3) is 5.60. The molecule has 8 heteroatoms. The Hall–Kier alpha value is -2.17. The van der Waals surface area contributed by atoms with Gasteiger partial charge in [0.25, 0.3) is 0 Å². The maximum absolute atomic E-state index is 10.3. The van der Waals surface area contributed by atoms with Gasteiger partial charge in [0.05, 0.1) is 20.9 Å². The number of phenols is 1. The number of nitrogens with zero attached hydrogens (tertiary/aromatic N) is 4. The third-order valence-corrected chi connectivity index (χ3v) is 6.82. The molecule has 2 N–H and O–H groups in total. The van der Waals surface area contributed by atoms with Crippen molar-refractivity contribution in [3.63, 3.8) is 0 Å². The zero-order valence-corrected chi connectivity index (χ0v) is 21.3. The van der Waals surface area contributed by atoms with Crippen molar-refractivity contribution in [1.29, 1.82) is 0 Å². The van der Waals surface area contributed by atoms with Crippen LogP contribution in [0.4, 0.5) is 5.82 Å². The van der Waals surface area contributed by atoms with Crippen molar-refractivity contribution in [3.05, 3.63) is 76.9 Å². The minimum Gasteiger partial charge on any atom is -0.507 e. The minimum atomic E-state index is 0.210. The molecule has 0 bridgehead atoms. The monoisotopic (exact) mass is 605 g/mol. The van der Waals surface area contributed by atoms with Crippen molar-refractivity contribution in [2.75, 3.05) is 29.5 Å². The summed E-state index contributed by atoms with van der Waals surface area (Å²) in [5.41, 5.74) is 3.49. The SMILES string of the molecule is Oc1ccccc1-c1cc(NCCCN(CI)CCc2ccccc2)n2ncc(Br)c2n1. The Bertz CT molecular complexity index is 1170. The van der Waals surface area contributed by atoms with Gasteiger partial charge in [0, 0.05) is 31.3 Å². The van der Waals surface area contributed by atoms with E-state index in [4.69, 9.17) is 4.98 Å². The molecule has 0 unspecified atom stereocenters. The smallest absolute Gasteiger partial charge is 0.172 e. The van der Waals surface area contributed by atoms with Crippen molar-refractivity contribution in [3.8, 4) is 17.0 Å². The first-order valence-corrected chi connectivity index (χ1v) is 12.9. The molecule has 0 radical (unpaired) electrons. The Labute approximate surface area is 209 Å². The van der Waals surface area contributed by atoms with Gasteiger partial charge in [-0.15, -0.1) is 0 Å². The molecule has 0 aliphatic carbocycles. The average molecular weight is 606 g/mol. The summed E-state index contributed by atoms with van der Waals surface area (Å²) in [5, 5.41) is 18.2. The second-order valence-corrected chi connectivity index (χ2v) is 9.06. The van der Waals surface area contributed by atoms with Gasteiger partial charge in [0.2, 0.25) is 0 Å². The lowest BCUT2D eigenvalue weighted by molar-refractivity contribution is 0.330. The number of aromatic hydroxyl groups is 1. The third-order valence-electron chi connectivity index (χ3n) is 5.29. The topological polar surface area (TPSA) is 65.7 Å². The van der Waals surface area contributed by atoms with E-state index < -0.39 is 0 Å². The molecule has 0 atom stereocenters. The number of aromatic nitrogens is 3. The zero-order valence-electron chi connectivity index (χ0n) is 17.6. The molecule has 2 heterocycles. The molecule has 166 valence electrons. The highest BCUT2D eigenvalue weighted by Crippen LogP contribution is 2.31. The molecule has 6 nitrogen and oxygen atoms in total. The first kappa shape index (κ1) is 23.0. The number of hydrogen-bond acceptors (Lipinski definition) is 5. The lowest BCUT2D eigenvalue weighted by Crippen LogP contribution is -2.27. The van der Waals surface area contributed by atoms with Crippen molar-refractivity contribution < 1.29 is 5.11 Å². The van der Waals surface area contributed by atoms with E-state index in [1.54, 1.807) is 16.8 Å². The summed E-state index contributed by atoms with van der Waals surface area (Å²) in [6.07, 6.45) is 3.81. The number of benzene rings is 2. The Morgan fingerprint density at radius 3 is 2.62 bits per heavy atom. The number of alkyl halides is 1. The van der Waals surface area contributed by atoms with Crippen LogP contribution in [0.5, 0.6) is 5.75 Å². The second-order valence-electron chi connectivity index (χ2n) is 7.53. The van der Waals surface area contributed by atoms with Crippen LogP contribution >= 0.6 is 38.5 Å². The van der Waals surface area contributed by atoms with E-state index in [1.807, 2.05) is 24.3 Å². The molecule has 0 aliphatic rings. The van der Waals surface area contributed by atoms with Crippen LogP contribution in [-0.2, 0) is 6.42 Å². The van der Waals surface area contributed by atoms with Crippen LogP contribution < -0.4 is 5.32 Å². The predicted molar refractivity (Wildman–Crippen MR) is 142 cm³/mol. The number of fused-ring (bicyclic) bond motifs is 1. The largest absolute Gasteiger partial charge is 0.507 e. The van der Waals surface area contributed by atoms with Gasteiger partial charge in [-0.25, -0.2) is 4.98 Å². The molecule has 0 saturated heterocycles. The normalized spacial score (nSPS) is 11.3. The van der Waals surface area contributed by atoms with Crippen molar-refractivity contribution in [2.24, 2.45) is 0 Å². The van der Waals surface area contributed by atoms with Crippen LogP contribution in [0.25, 0.3) is 16.9 Å². The van der Waals surface area contributed by atoms with Gasteiger partial charge in [-0.1, -0.05) is 65.1 Å². The summed E-state index contributed by atoms with van der Waals surface area (Å²) in [5.74, 6) is 1.06. The molecule has 2 aromatic carbocycles.